The molecule has 15 heavy (non-hydrogen) atoms. The summed E-state index contributed by atoms with van der Waals surface area (Å²) in [5.41, 5.74) is 1.02. The van der Waals surface area contributed by atoms with E-state index in [0.717, 1.165) is 12.0 Å². The second-order valence-corrected chi connectivity index (χ2v) is 2.90. The van der Waals surface area contributed by atoms with E-state index in [9.17, 15) is 0 Å². The summed E-state index contributed by atoms with van der Waals surface area (Å²) in [4.78, 5) is 0. The molecule has 0 radical (unpaired) electrons. The first-order chi connectivity index (χ1) is 7.18. The van der Waals surface area contributed by atoms with Crippen LogP contribution in [0.25, 0.3) is 0 Å². The second-order valence-electron chi connectivity index (χ2n) is 2.90. The number of hydrogen-bond donors (Lipinski definition) is 0. The molecule has 0 N–H and O–H groups in total. The van der Waals surface area contributed by atoms with E-state index in [-0.39, 0.29) is 0 Å². The summed E-state index contributed by atoms with van der Waals surface area (Å²) in [5, 5.41) is 0. The van der Waals surface area contributed by atoms with E-state index in [4.69, 9.17) is 0 Å². The highest BCUT2D eigenvalue weighted by atomic mass is 13.8. The van der Waals surface area contributed by atoms with Crippen molar-refractivity contribution in [3.63, 3.8) is 0 Å². The van der Waals surface area contributed by atoms with Gasteiger partial charge in [0.2, 0.25) is 0 Å². The Morgan fingerprint density at radius 1 is 1.20 bits per heavy atom. The van der Waals surface area contributed by atoms with Crippen molar-refractivity contribution in [3.8, 4) is 0 Å². The molecule has 0 aromatic heterocycles. The van der Waals surface area contributed by atoms with Gasteiger partial charge in [-0.25, -0.2) is 0 Å². The average molecular weight is 202 g/mol. The maximum atomic E-state index is 3.56. The highest BCUT2D eigenvalue weighted by molar-refractivity contribution is 5.12. The average Bonchev–Trinajstić information content (AvgIpc) is 2.78. The molecule has 0 heteroatoms. The monoisotopic (exact) mass is 202 g/mol. The topological polar surface area (TPSA) is 0 Å². The lowest BCUT2D eigenvalue weighted by Gasteiger charge is -1.71. The quantitative estimate of drug-likeness (QED) is 0.553. The molecule has 1 aliphatic rings. The Hall–Kier alpha value is -1.56. The third kappa shape index (κ3) is 24.5. The van der Waals surface area contributed by atoms with Crippen molar-refractivity contribution < 1.29 is 0 Å². The van der Waals surface area contributed by atoms with E-state index >= 15 is 0 Å². The van der Waals surface area contributed by atoms with E-state index in [1.165, 1.54) is 0 Å². The van der Waals surface area contributed by atoms with Crippen molar-refractivity contribution in [3.05, 3.63) is 73.9 Å². The van der Waals surface area contributed by atoms with Crippen LogP contribution in [0.3, 0.4) is 0 Å². The van der Waals surface area contributed by atoms with Crippen molar-refractivity contribution in [2.24, 2.45) is 0 Å². The molecule has 0 heterocycles. The van der Waals surface area contributed by atoms with Crippen LogP contribution in [0, 0.1) is 0 Å². The highest BCUT2D eigenvalue weighted by Crippen LogP contribution is 1.93. The zero-order valence-electron chi connectivity index (χ0n) is 9.95. The summed E-state index contributed by atoms with van der Waals surface area (Å²) < 4.78 is 0. The van der Waals surface area contributed by atoms with Crippen LogP contribution in [0.2, 0.25) is 0 Å². The minimum absolute atomic E-state index is 1.02. The van der Waals surface area contributed by atoms with Gasteiger partial charge in [0, 0.05) is 0 Å². The fourth-order valence-electron chi connectivity index (χ4n) is 0.529. The van der Waals surface area contributed by atoms with Crippen molar-refractivity contribution in [1.82, 2.24) is 0 Å². The van der Waals surface area contributed by atoms with Gasteiger partial charge in [-0.2, -0.15) is 0 Å². The van der Waals surface area contributed by atoms with Gasteiger partial charge < -0.3 is 0 Å². The van der Waals surface area contributed by atoms with E-state index in [1.54, 1.807) is 12.2 Å². The summed E-state index contributed by atoms with van der Waals surface area (Å²) in [6.45, 7) is 14.3. The molecule has 0 aromatic rings. The molecule has 0 spiro atoms. The lowest BCUT2D eigenvalue weighted by atomic mass is 10.4. The van der Waals surface area contributed by atoms with Crippen LogP contribution in [0.1, 0.15) is 20.3 Å². The van der Waals surface area contributed by atoms with Crippen LogP contribution >= 0.6 is 0 Å². The molecular weight excluding hydrogens is 180 g/mol. The first-order valence-electron chi connectivity index (χ1n) is 5.02. The van der Waals surface area contributed by atoms with Gasteiger partial charge in [0.1, 0.15) is 0 Å². The van der Waals surface area contributed by atoms with Gasteiger partial charge in [-0.05, 0) is 20.3 Å². The molecule has 1 aliphatic carbocycles. The van der Waals surface area contributed by atoms with Crippen LogP contribution in [-0.4, -0.2) is 0 Å². The number of allylic oxidation sites excluding steroid dienone is 9. The van der Waals surface area contributed by atoms with E-state index in [1.807, 2.05) is 26.0 Å². The minimum Gasteiger partial charge on any atom is -0.0991 e. The first kappa shape index (κ1) is 15.9. The summed E-state index contributed by atoms with van der Waals surface area (Å²) in [6.07, 6.45) is 16.8. The zero-order valence-corrected chi connectivity index (χ0v) is 9.95. The largest absolute Gasteiger partial charge is 0.0991 e. The molecule has 0 unspecified atom stereocenters. The number of rotatable bonds is 2. The van der Waals surface area contributed by atoms with Crippen molar-refractivity contribution >= 4 is 0 Å². The predicted octanol–water partition coefficient (Wildman–Crippen LogP) is 5.00. The molecule has 0 aliphatic heterocycles. The van der Waals surface area contributed by atoms with Gasteiger partial charge in [0.25, 0.3) is 0 Å². The van der Waals surface area contributed by atoms with Gasteiger partial charge >= 0.3 is 0 Å². The third-order valence-corrected chi connectivity index (χ3v) is 1.33. The van der Waals surface area contributed by atoms with Crippen LogP contribution in [0.5, 0.6) is 0 Å². The van der Waals surface area contributed by atoms with Crippen LogP contribution in [0.15, 0.2) is 73.9 Å². The lowest BCUT2D eigenvalue weighted by Crippen LogP contribution is -1.50. The van der Waals surface area contributed by atoms with Gasteiger partial charge in [-0.15, -0.1) is 0 Å². The Kier molecular flexibility index (Phi) is 15.8. The molecular formula is C15H22. The Morgan fingerprint density at radius 3 is 1.73 bits per heavy atom. The van der Waals surface area contributed by atoms with Gasteiger partial charge in [0.05, 0.1) is 0 Å². The fourth-order valence-corrected chi connectivity index (χ4v) is 0.529. The van der Waals surface area contributed by atoms with Crippen molar-refractivity contribution in [2.45, 2.75) is 20.3 Å². The minimum atomic E-state index is 1.02. The predicted molar refractivity (Wildman–Crippen MR) is 72.9 cm³/mol. The lowest BCUT2D eigenvalue weighted by molar-refractivity contribution is 1.45. The van der Waals surface area contributed by atoms with E-state index in [0.29, 0.717) is 0 Å². The molecule has 0 saturated carbocycles. The molecule has 1 rings (SSSR count). The third-order valence-electron chi connectivity index (χ3n) is 1.33. The summed E-state index contributed by atoms with van der Waals surface area (Å²) in [6, 6.07) is 0. The molecule has 0 bridgehead atoms. The van der Waals surface area contributed by atoms with E-state index < -0.39 is 0 Å². The van der Waals surface area contributed by atoms with Crippen molar-refractivity contribution in [1.29, 1.82) is 0 Å². The zero-order chi connectivity index (χ0) is 11.9. The SMILES string of the molecule is C1=CCC=C1.C=CC(=C)C.C=CC=CC. The van der Waals surface area contributed by atoms with E-state index in [2.05, 4.69) is 44.0 Å². The summed E-state index contributed by atoms with van der Waals surface area (Å²) in [7, 11) is 0. The maximum absolute atomic E-state index is 3.56. The molecule has 0 fully saturated rings. The molecule has 0 amide bonds. The molecule has 0 aromatic carbocycles. The highest BCUT2D eigenvalue weighted by Gasteiger charge is 1.72. The molecule has 82 valence electrons. The Morgan fingerprint density at radius 2 is 1.67 bits per heavy atom. The summed E-state index contributed by atoms with van der Waals surface area (Å²) >= 11 is 0. The molecule has 0 atom stereocenters. The normalized spacial score (nSPS) is 11.1. The molecule has 0 saturated heterocycles. The van der Waals surface area contributed by atoms with Crippen LogP contribution in [0.4, 0.5) is 0 Å². The maximum Gasteiger partial charge on any atom is -0.0163 e. The Balaban J connectivity index is 0. The fraction of sp³-hybridized carbons (Fsp3) is 0.200. The van der Waals surface area contributed by atoms with Gasteiger partial charge in [-0.1, -0.05) is 73.9 Å². The second kappa shape index (κ2) is 14.9. The molecule has 0 nitrogen and oxygen atoms in total. The summed E-state index contributed by atoms with van der Waals surface area (Å²) in [5.74, 6) is 0. The van der Waals surface area contributed by atoms with Crippen LogP contribution in [-0.2, 0) is 0 Å². The standard InChI is InChI=1S/C5H6.2C5H8/c1-2-4-5-3-1;1-4-5(2)3;1-3-5-4-2/h1-4H,5H2;4H,1-2H2,3H3;3-5H,1H2,2H3. The number of hydrogen-bond acceptors (Lipinski definition) is 0. The van der Waals surface area contributed by atoms with Crippen molar-refractivity contribution in [2.75, 3.05) is 0 Å². The Labute approximate surface area is 94.7 Å². The smallest absolute Gasteiger partial charge is 0.0163 e. The van der Waals surface area contributed by atoms with Gasteiger partial charge in [0.15, 0.2) is 0 Å². The van der Waals surface area contributed by atoms with Gasteiger partial charge in [-0.3, -0.25) is 0 Å². The van der Waals surface area contributed by atoms with Crippen LogP contribution < -0.4 is 0 Å². The first-order valence-corrected chi connectivity index (χ1v) is 5.02. The Bertz CT molecular complexity index is 236.